The molecule has 0 fully saturated rings. The van der Waals surface area contributed by atoms with Crippen molar-refractivity contribution in [3.05, 3.63) is 47.1 Å². The number of halogens is 4. The molecule has 1 aromatic carbocycles. The second-order valence-electron chi connectivity index (χ2n) is 5.59. The molecule has 158 valence electrons. The predicted octanol–water partition coefficient (Wildman–Crippen LogP) is 5.09. The SMILES string of the molecule is COc1ccccc1Nc1nnc(SCC(=O)Nc2ncc(C(F)(F)F)cc2Cl)s1. The lowest BCUT2D eigenvalue weighted by molar-refractivity contribution is -0.137. The van der Waals surface area contributed by atoms with Gasteiger partial charge in [0.05, 0.1) is 29.1 Å². The Balaban J connectivity index is 1.56. The van der Waals surface area contributed by atoms with Crippen LogP contribution in [0.1, 0.15) is 5.56 Å². The zero-order chi connectivity index (χ0) is 21.7. The van der Waals surface area contributed by atoms with Crippen LogP contribution in [0.3, 0.4) is 0 Å². The van der Waals surface area contributed by atoms with Gasteiger partial charge >= 0.3 is 6.18 Å². The van der Waals surface area contributed by atoms with E-state index in [-0.39, 0.29) is 16.6 Å². The number of carbonyl (C=O) groups is 1. The van der Waals surface area contributed by atoms with Gasteiger partial charge < -0.3 is 15.4 Å². The average Bonchev–Trinajstić information content (AvgIpc) is 3.15. The fourth-order valence-corrected chi connectivity index (χ4v) is 3.94. The van der Waals surface area contributed by atoms with Gasteiger partial charge in [0, 0.05) is 6.20 Å². The number of ether oxygens (including phenoxy) is 1. The number of para-hydroxylation sites is 2. The van der Waals surface area contributed by atoms with Gasteiger partial charge in [0.25, 0.3) is 0 Å². The van der Waals surface area contributed by atoms with Crippen molar-refractivity contribution >= 4 is 57.2 Å². The number of nitrogens with zero attached hydrogens (tertiary/aromatic N) is 3. The topological polar surface area (TPSA) is 89.0 Å². The quantitative estimate of drug-likeness (QED) is 0.460. The van der Waals surface area contributed by atoms with Gasteiger partial charge in [-0.1, -0.05) is 46.8 Å². The van der Waals surface area contributed by atoms with Crippen LogP contribution in [0.4, 0.5) is 29.8 Å². The summed E-state index contributed by atoms with van der Waals surface area (Å²) in [5.41, 5.74) is -0.280. The lowest BCUT2D eigenvalue weighted by atomic mass is 10.3. The molecule has 2 heterocycles. The third-order valence-corrected chi connectivity index (χ3v) is 5.77. The standard InChI is InChI=1S/C17H13ClF3N5O2S2/c1-28-12-5-3-2-4-11(12)23-15-25-26-16(30-15)29-8-13(27)24-14-10(18)6-9(7-22-14)17(19,20)21/h2-7H,8H2,1H3,(H,23,25)(H,22,24,27). The number of carbonyl (C=O) groups excluding carboxylic acids is 1. The molecular formula is C17H13ClF3N5O2S2. The van der Waals surface area contributed by atoms with Crippen molar-refractivity contribution in [3.63, 3.8) is 0 Å². The summed E-state index contributed by atoms with van der Waals surface area (Å²) in [7, 11) is 1.55. The van der Waals surface area contributed by atoms with Crippen LogP contribution in [0.25, 0.3) is 0 Å². The van der Waals surface area contributed by atoms with Gasteiger partial charge in [-0.25, -0.2) is 4.98 Å². The largest absolute Gasteiger partial charge is 0.495 e. The molecule has 0 saturated carbocycles. The molecule has 2 N–H and O–H groups in total. The van der Waals surface area contributed by atoms with Crippen LogP contribution in [0.15, 0.2) is 40.9 Å². The van der Waals surface area contributed by atoms with E-state index in [1.54, 1.807) is 13.2 Å². The van der Waals surface area contributed by atoms with Gasteiger partial charge in [0.2, 0.25) is 11.0 Å². The van der Waals surface area contributed by atoms with Crippen LogP contribution in [0.2, 0.25) is 5.02 Å². The van der Waals surface area contributed by atoms with E-state index in [0.717, 1.165) is 11.8 Å². The number of hydrogen-bond donors (Lipinski definition) is 2. The third kappa shape index (κ3) is 5.74. The Morgan fingerprint density at radius 3 is 2.77 bits per heavy atom. The maximum absolute atomic E-state index is 12.6. The molecule has 0 atom stereocenters. The van der Waals surface area contributed by atoms with Crippen molar-refractivity contribution in [2.24, 2.45) is 0 Å². The summed E-state index contributed by atoms with van der Waals surface area (Å²) < 4.78 is 43.7. The minimum Gasteiger partial charge on any atom is -0.495 e. The molecule has 2 aromatic heterocycles. The number of methoxy groups -OCH3 is 1. The van der Waals surface area contributed by atoms with E-state index in [2.05, 4.69) is 25.8 Å². The fraction of sp³-hybridized carbons (Fsp3) is 0.176. The molecule has 0 saturated heterocycles. The van der Waals surface area contributed by atoms with Crippen LogP contribution < -0.4 is 15.4 Å². The molecule has 0 aliphatic carbocycles. The van der Waals surface area contributed by atoms with Gasteiger partial charge in [-0.15, -0.1) is 10.2 Å². The Kier molecular flexibility index (Phi) is 7.00. The van der Waals surface area contributed by atoms with Crippen molar-refractivity contribution in [1.82, 2.24) is 15.2 Å². The first kappa shape index (κ1) is 22.1. The molecule has 0 spiro atoms. The molecule has 13 heteroatoms. The first-order valence-corrected chi connectivity index (χ1v) is 10.3. The first-order chi connectivity index (χ1) is 14.3. The number of nitrogens with one attached hydrogen (secondary N) is 2. The summed E-state index contributed by atoms with van der Waals surface area (Å²) in [5.74, 6) is -0.0562. The van der Waals surface area contributed by atoms with Crippen molar-refractivity contribution in [1.29, 1.82) is 0 Å². The summed E-state index contributed by atoms with van der Waals surface area (Å²) in [4.78, 5) is 15.6. The van der Waals surface area contributed by atoms with Gasteiger partial charge in [-0.05, 0) is 18.2 Å². The maximum atomic E-state index is 12.6. The molecule has 0 radical (unpaired) electrons. The van der Waals surface area contributed by atoms with Crippen LogP contribution in [-0.2, 0) is 11.0 Å². The van der Waals surface area contributed by atoms with E-state index in [0.29, 0.717) is 33.2 Å². The van der Waals surface area contributed by atoms with E-state index < -0.39 is 17.6 Å². The molecule has 0 aliphatic rings. The van der Waals surface area contributed by atoms with Crippen LogP contribution in [0.5, 0.6) is 5.75 Å². The smallest absolute Gasteiger partial charge is 0.417 e. The summed E-state index contributed by atoms with van der Waals surface area (Å²) in [6.07, 6.45) is -3.96. The molecule has 0 bridgehead atoms. The zero-order valence-corrected chi connectivity index (χ0v) is 17.5. The second-order valence-corrected chi connectivity index (χ2v) is 8.19. The summed E-state index contributed by atoms with van der Waals surface area (Å²) in [5, 5.41) is 13.7. The van der Waals surface area contributed by atoms with E-state index in [1.807, 2.05) is 18.2 Å². The van der Waals surface area contributed by atoms with Gasteiger partial charge in [0.15, 0.2) is 10.2 Å². The van der Waals surface area contributed by atoms with E-state index >= 15 is 0 Å². The van der Waals surface area contributed by atoms with Gasteiger partial charge in [-0.3, -0.25) is 4.79 Å². The number of benzene rings is 1. The lowest BCUT2D eigenvalue weighted by Gasteiger charge is -2.09. The van der Waals surface area contributed by atoms with Crippen LogP contribution in [-0.4, -0.2) is 34.0 Å². The Bertz CT molecular complexity index is 1050. The maximum Gasteiger partial charge on any atom is 0.417 e. The Hall–Kier alpha value is -2.57. The van der Waals surface area contributed by atoms with Crippen molar-refractivity contribution in [2.75, 3.05) is 23.5 Å². The number of alkyl halides is 3. The summed E-state index contributed by atoms with van der Waals surface area (Å²) in [6.45, 7) is 0. The third-order valence-electron chi connectivity index (χ3n) is 3.51. The van der Waals surface area contributed by atoms with Gasteiger partial charge in [0.1, 0.15) is 5.75 Å². The van der Waals surface area contributed by atoms with E-state index in [1.165, 1.54) is 11.3 Å². The Morgan fingerprint density at radius 2 is 2.07 bits per heavy atom. The average molecular weight is 476 g/mol. The molecule has 30 heavy (non-hydrogen) atoms. The predicted molar refractivity (Wildman–Crippen MR) is 110 cm³/mol. The highest BCUT2D eigenvalue weighted by Crippen LogP contribution is 2.33. The van der Waals surface area contributed by atoms with Crippen LogP contribution >= 0.6 is 34.7 Å². The van der Waals surface area contributed by atoms with Crippen molar-refractivity contribution in [3.8, 4) is 5.75 Å². The lowest BCUT2D eigenvalue weighted by Crippen LogP contribution is -2.16. The Morgan fingerprint density at radius 1 is 1.30 bits per heavy atom. The number of rotatable bonds is 7. The second kappa shape index (κ2) is 9.49. The highest BCUT2D eigenvalue weighted by atomic mass is 35.5. The summed E-state index contributed by atoms with van der Waals surface area (Å²) in [6, 6.07) is 8.00. The minimum absolute atomic E-state index is 0.0533. The fourth-order valence-electron chi connectivity index (χ4n) is 2.16. The van der Waals surface area contributed by atoms with Gasteiger partial charge in [-0.2, -0.15) is 13.2 Å². The Labute approximate surface area is 182 Å². The number of thioether (sulfide) groups is 1. The first-order valence-electron chi connectivity index (χ1n) is 8.15. The molecule has 0 unspecified atom stereocenters. The highest BCUT2D eigenvalue weighted by molar-refractivity contribution is 8.01. The summed E-state index contributed by atoms with van der Waals surface area (Å²) >= 11 is 8.12. The molecule has 7 nitrogen and oxygen atoms in total. The molecule has 0 aliphatic heterocycles. The normalized spacial score (nSPS) is 11.2. The van der Waals surface area contributed by atoms with E-state index in [4.69, 9.17) is 16.3 Å². The number of anilines is 3. The number of pyridine rings is 1. The molecule has 3 aromatic rings. The van der Waals surface area contributed by atoms with Crippen molar-refractivity contribution in [2.45, 2.75) is 10.5 Å². The van der Waals surface area contributed by atoms with Crippen molar-refractivity contribution < 1.29 is 22.7 Å². The minimum atomic E-state index is -4.57. The molecule has 1 amide bonds. The number of hydrogen-bond acceptors (Lipinski definition) is 8. The molecular weight excluding hydrogens is 463 g/mol. The van der Waals surface area contributed by atoms with E-state index in [9.17, 15) is 18.0 Å². The molecule has 3 rings (SSSR count). The zero-order valence-electron chi connectivity index (χ0n) is 15.2. The highest BCUT2D eigenvalue weighted by Gasteiger charge is 2.31. The van der Waals surface area contributed by atoms with Crippen LogP contribution in [0, 0.1) is 0 Å². The number of aromatic nitrogens is 3. The monoisotopic (exact) mass is 475 g/mol. The number of amides is 1.